The van der Waals surface area contributed by atoms with Crippen molar-refractivity contribution >= 4 is 0 Å². The summed E-state index contributed by atoms with van der Waals surface area (Å²) in [5, 5.41) is 28.7. The monoisotopic (exact) mass is 428 g/mol. The second-order valence-electron chi connectivity index (χ2n) is 8.74. The molecule has 0 spiro atoms. The fourth-order valence-corrected chi connectivity index (χ4v) is 4.05. The first-order valence-electron chi connectivity index (χ1n) is 12.6. The number of aliphatic hydroxyl groups is 3. The lowest BCUT2D eigenvalue weighted by Crippen LogP contribution is -2.42. The third-order valence-electron chi connectivity index (χ3n) is 5.96. The molecule has 1 saturated heterocycles. The van der Waals surface area contributed by atoms with Crippen molar-refractivity contribution in [3.63, 3.8) is 0 Å². The van der Waals surface area contributed by atoms with Crippen LogP contribution in [0.15, 0.2) is 12.2 Å². The summed E-state index contributed by atoms with van der Waals surface area (Å²) < 4.78 is 11.0. The average Bonchev–Trinajstić information content (AvgIpc) is 3.12. The van der Waals surface area contributed by atoms with Gasteiger partial charge < -0.3 is 24.8 Å². The van der Waals surface area contributed by atoms with Gasteiger partial charge in [-0.3, -0.25) is 0 Å². The first-order chi connectivity index (χ1) is 14.7. The molecule has 0 saturated carbocycles. The second kappa shape index (κ2) is 19.2. The Balaban J connectivity index is 1.86. The standard InChI is InChI=1S/C25H48O5/c1-2-3-4-5-6-7-8-9-10-11-12-13-14-15-16-17-18-19-29-25-23(28)21-30-24(25)22(27)20-26/h16-17,22-28H,2-15,18-21H2,1H3/b17-16+/t22-,23+,24-,25-/m1/s1. The van der Waals surface area contributed by atoms with E-state index in [0.29, 0.717) is 6.61 Å². The third kappa shape index (κ3) is 13.1. The van der Waals surface area contributed by atoms with Crippen LogP contribution in [-0.2, 0) is 9.47 Å². The summed E-state index contributed by atoms with van der Waals surface area (Å²) in [4.78, 5) is 0. The summed E-state index contributed by atoms with van der Waals surface area (Å²) in [5.74, 6) is 0. The van der Waals surface area contributed by atoms with E-state index in [2.05, 4.69) is 19.1 Å². The zero-order valence-corrected chi connectivity index (χ0v) is 19.4. The highest BCUT2D eigenvalue weighted by Crippen LogP contribution is 2.21. The Morgan fingerprint density at radius 2 is 1.40 bits per heavy atom. The molecule has 1 aliphatic heterocycles. The minimum atomic E-state index is -1.02. The minimum absolute atomic E-state index is 0.140. The van der Waals surface area contributed by atoms with Gasteiger partial charge in [-0.2, -0.15) is 0 Å². The Morgan fingerprint density at radius 3 is 1.97 bits per heavy atom. The first-order valence-corrected chi connectivity index (χ1v) is 12.6. The largest absolute Gasteiger partial charge is 0.394 e. The molecule has 178 valence electrons. The molecule has 5 nitrogen and oxygen atoms in total. The van der Waals surface area contributed by atoms with Crippen LogP contribution in [0.4, 0.5) is 0 Å². The van der Waals surface area contributed by atoms with Gasteiger partial charge in [0.1, 0.15) is 24.4 Å². The van der Waals surface area contributed by atoms with Crippen molar-refractivity contribution in [3.05, 3.63) is 12.2 Å². The molecule has 1 heterocycles. The molecule has 5 heteroatoms. The molecule has 0 unspecified atom stereocenters. The fraction of sp³-hybridized carbons (Fsp3) is 0.920. The molecule has 1 aliphatic rings. The number of rotatable bonds is 20. The molecule has 0 bridgehead atoms. The van der Waals surface area contributed by atoms with E-state index >= 15 is 0 Å². The normalized spacial score (nSPS) is 22.9. The fourth-order valence-electron chi connectivity index (χ4n) is 4.05. The van der Waals surface area contributed by atoms with E-state index < -0.39 is 31.0 Å². The smallest absolute Gasteiger partial charge is 0.114 e. The van der Waals surface area contributed by atoms with Crippen LogP contribution >= 0.6 is 0 Å². The van der Waals surface area contributed by atoms with Crippen LogP contribution in [-0.4, -0.2) is 59.6 Å². The van der Waals surface area contributed by atoms with Crippen molar-refractivity contribution in [1.29, 1.82) is 0 Å². The summed E-state index contributed by atoms with van der Waals surface area (Å²) in [7, 11) is 0. The Morgan fingerprint density at radius 1 is 0.867 bits per heavy atom. The van der Waals surface area contributed by atoms with Crippen LogP contribution in [0.5, 0.6) is 0 Å². The third-order valence-corrected chi connectivity index (χ3v) is 5.96. The highest BCUT2D eigenvalue weighted by atomic mass is 16.6. The quantitative estimate of drug-likeness (QED) is 0.190. The van der Waals surface area contributed by atoms with Crippen molar-refractivity contribution in [3.8, 4) is 0 Å². The summed E-state index contributed by atoms with van der Waals surface area (Å²) in [6.07, 6.45) is 21.2. The molecule has 3 N–H and O–H groups in total. The van der Waals surface area contributed by atoms with Gasteiger partial charge in [-0.15, -0.1) is 0 Å². The molecule has 30 heavy (non-hydrogen) atoms. The summed E-state index contributed by atoms with van der Waals surface area (Å²) in [6, 6.07) is 0. The molecular weight excluding hydrogens is 380 g/mol. The van der Waals surface area contributed by atoms with E-state index in [-0.39, 0.29) is 6.61 Å². The summed E-state index contributed by atoms with van der Waals surface area (Å²) in [5.41, 5.74) is 0. The van der Waals surface area contributed by atoms with E-state index in [0.717, 1.165) is 12.8 Å². The van der Waals surface area contributed by atoms with Crippen molar-refractivity contribution in [1.82, 2.24) is 0 Å². The van der Waals surface area contributed by atoms with Gasteiger partial charge in [-0.1, -0.05) is 96.1 Å². The molecule has 1 rings (SSSR count). The van der Waals surface area contributed by atoms with Gasteiger partial charge >= 0.3 is 0 Å². The van der Waals surface area contributed by atoms with E-state index in [1.807, 2.05) is 0 Å². The Kier molecular flexibility index (Phi) is 17.7. The van der Waals surface area contributed by atoms with E-state index in [1.165, 1.54) is 83.5 Å². The van der Waals surface area contributed by atoms with Gasteiger partial charge in [0, 0.05) is 0 Å². The lowest BCUT2D eigenvalue weighted by Gasteiger charge is -2.23. The van der Waals surface area contributed by atoms with Crippen molar-refractivity contribution in [2.75, 3.05) is 19.8 Å². The van der Waals surface area contributed by atoms with Gasteiger partial charge in [0.15, 0.2) is 0 Å². The van der Waals surface area contributed by atoms with Gasteiger partial charge in [0.05, 0.1) is 19.8 Å². The van der Waals surface area contributed by atoms with Gasteiger partial charge in [-0.05, 0) is 19.3 Å². The highest BCUT2D eigenvalue weighted by Gasteiger charge is 2.40. The van der Waals surface area contributed by atoms with Gasteiger partial charge in [-0.25, -0.2) is 0 Å². The van der Waals surface area contributed by atoms with Crippen molar-refractivity contribution < 1.29 is 24.8 Å². The molecule has 4 atom stereocenters. The second-order valence-corrected chi connectivity index (χ2v) is 8.74. The molecule has 0 aromatic rings. The summed E-state index contributed by atoms with van der Waals surface area (Å²) >= 11 is 0. The van der Waals surface area contributed by atoms with E-state index in [4.69, 9.17) is 14.6 Å². The number of hydrogen-bond donors (Lipinski definition) is 3. The average molecular weight is 429 g/mol. The molecule has 0 aromatic carbocycles. The molecule has 0 radical (unpaired) electrons. The van der Waals surface area contributed by atoms with Crippen LogP contribution in [0, 0.1) is 0 Å². The zero-order chi connectivity index (χ0) is 21.9. The molecule has 0 aliphatic carbocycles. The zero-order valence-electron chi connectivity index (χ0n) is 19.4. The van der Waals surface area contributed by atoms with Crippen LogP contribution in [0.1, 0.15) is 103 Å². The maximum Gasteiger partial charge on any atom is 0.114 e. The van der Waals surface area contributed by atoms with Gasteiger partial charge in [0.2, 0.25) is 0 Å². The lowest BCUT2D eigenvalue weighted by molar-refractivity contribution is -0.0924. The number of aliphatic hydroxyl groups excluding tert-OH is 3. The predicted octanol–water partition coefficient (Wildman–Crippen LogP) is 4.91. The van der Waals surface area contributed by atoms with Crippen LogP contribution in [0.2, 0.25) is 0 Å². The van der Waals surface area contributed by atoms with Crippen LogP contribution in [0.25, 0.3) is 0 Å². The molecular formula is C25H48O5. The topological polar surface area (TPSA) is 79.2 Å². The Labute approximate surface area is 184 Å². The number of ether oxygens (including phenoxy) is 2. The number of allylic oxidation sites excluding steroid dienone is 1. The molecule has 0 amide bonds. The maximum atomic E-state index is 9.89. The summed E-state index contributed by atoms with van der Waals surface area (Å²) in [6.45, 7) is 2.50. The highest BCUT2D eigenvalue weighted by molar-refractivity contribution is 4.89. The predicted molar refractivity (Wildman–Crippen MR) is 123 cm³/mol. The Bertz CT molecular complexity index is 401. The van der Waals surface area contributed by atoms with Crippen LogP contribution < -0.4 is 0 Å². The van der Waals surface area contributed by atoms with E-state index in [1.54, 1.807) is 0 Å². The molecule has 0 aromatic heterocycles. The van der Waals surface area contributed by atoms with Crippen molar-refractivity contribution in [2.45, 2.75) is 128 Å². The number of unbranched alkanes of at least 4 members (excludes halogenated alkanes) is 13. The van der Waals surface area contributed by atoms with Crippen molar-refractivity contribution in [2.24, 2.45) is 0 Å². The minimum Gasteiger partial charge on any atom is -0.394 e. The molecule has 1 fully saturated rings. The first kappa shape index (κ1) is 27.6. The van der Waals surface area contributed by atoms with E-state index in [9.17, 15) is 10.2 Å². The lowest BCUT2D eigenvalue weighted by atomic mass is 10.0. The number of hydrogen-bond acceptors (Lipinski definition) is 5. The SMILES string of the molecule is CCCCCCCCCCCCCCC/C=C/CCO[C@H]1[C@@H]([C@H](O)CO)OC[C@@H]1O. The maximum absolute atomic E-state index is 9.89. The van der Waals surface area contributed by atoms with Crippen LogP contribution in [0.3, 0.4) is 0 Å². The van der Waals surface area contributed by atoms with Gasteiger partial charge in [0.25, 0.3) is 0 Å². The Hall–Kier alpha value is -0.460.